The van der Waals surface area contributed by atoms with E-state index in [4.69, 9.17) is 5.11 Å². The van der Waals surface area contributed by atoms with E-state index in [1.165, 1.54) is 6.92 Å². The van der Waals surface area contributed by atoms with E-state index in [9.17, 15) is 17.6 Å². The first kappa shape index (κ1) is 15.6. The molecule has 0 bridgehead atoms. The van der Waals surface area contributed by atoms with Gasteiger partial charge >= 0.3 is 5.97 Å². The summed E-state index contributed by atoms with van der Waals surface area (Å²) in [5.41, 5.74) is -0.619. The number of halogens is 1. The predicted molar refractivity (Wildman–Crippen MR) is 68.7 cm³/mol. The molecule has 0 aromatic heterocycles. The largest absolute Gasteiger partial charge is 0.478 e. The van der Waals surface area contributed by atoms with Gasteiger partial charge in [0, 0.05) is 6.54 Å². The van der Waals surface area contributed by atoms with Gasteiger partial charge in [0.15, 0.2) is 9.84 Å². The molecule has 0 atom stereocenters. The highest BCUT2D eigenvalue weighted by molar-refractivity contribution is 7.91. The zero-order chi connectivity index (χ0) is 14.8. The highest BCUT2D eigenvalue weighted by atomic mass is 32.2. The van der Waals surface area contributed by atoms with Gasteiger partial charge in [-0.3, -0.25) is 0 Å². The van der Waals surface area contributed by atoms with Gasteiger partial charge in [0.2, 0.25) is 0 Å². The number of hydrogen-bond donors (Lipinski definition) is 1. The van der Waals surface area contributed by atoms with Gasteiger partial charge < -0.3 is 10.0 Å². The number of rotatable bonds is 5. The molecule has 5 nitrogen and oxygen atoms in total. The zero-order valence-electron chi connectivity index (χ0n) is 11.0. The molecule has 1 rings (SSSR count). The Kier molecular flexibility index (Phi) is 4.65. The quantitative estimate of drug-likeness (QED) is 0.824. The van der Waals surface area contributed by atoms with Crippen LogP contribution in [0.1, 0.15) is 15.9 Å². The second-order valence-electron chi connectivity index (χ2n) is 4.53. The summed E-state index contributed by atoms with van der Waals surface area (Å²) in [4.78, 5) is 12.4. The Bertz CT molecular complexity index is 596. The van der Waals surface area contributed by atoms with Gasteiger partial charge in [0.1, 0.15) is 5.82 Å². The van der Waals surface area contributed by atoms with E-state index in [1.54, 1.807) is 19.0 Å². The summed E-state index contributed by atoms with van der Waals surface area (Å²) < 4.78 is 37.6. The predicted octanol–water partition coefficient (Wildman–Crippen LogP) is 1.17. The van der Waals surface area contributed by atoms with Crippen molar-refractivity contribution in [3.8, 4) is 0 Å². The number of carbonyl (C=O) groups is 1. The average molecular weight is 289 g/mol. The lowest BCUT2D eigenvalue weighted by molar-refractivity contribution is 0.0691. The van der Waals surface area contributed by atoms with Crippen LogP contribution in [0.3, 0.4) is 0 Å². The van der Waals surface area contributed by atoms with Crippen molar-refractivity contribution in [3.63, 3.8) is 0 Å². The molecular weight excluding hydrogens is 273 g/mol. The average Bonchev–Trinajstić information content (AvgIpc) is 2.29. The molecular formula is C12H16FNO4S. The first-order valence-corrected chi connectivity index (χ1v) is 7.21. The SMILES string of the molecule is Cc1cc(S(=O)(=O)CCN(C)C)cc(C(=O)O)c1F. The number of carboxylic acids is 1. The van der Waals surface area contributed by atoms with Gasteiger partial charge in [-0.25, -0.2) is 17.6 Å². The first-order valence-electron chi connectivity index (χ1n) is 5.56. The smallest absolute Gasteiger partial charge is 0.338 e. The highest BCUT2D eigenvalue weighted by Crippen LogP contribution is 2.20. The number of aromatic carboxylic acids is 1. The maximum atomic E-state index is 13.6. The second kappa shape index (κ2) is 5.66. The third-order valence-corrected chi connectivity index (χ3v) is 4.30. The number of hydrogen-bond acceptors (Lipinski definition) is 4. The van der Waals surface area contributed by atoms with Gasteiger partial charge in [0.25, 0.3) is 0 Å². The molecule has 0 aliphatic carbocycles. The number of benzene rings is 1. The molecule has 0 saturated carbocycles. The molecule has 1 aromatic rings. The Morgan fingerprint density at radius 1 is 1.37 bits per heavy atom. The van der Waals surface area contributed by atoms with Crippen molar-refractivity contribution in [2.75, 3.05) is 26.4 Å². The van der Waals surface area contributed by atoms with Crippen molar-refractivity contribution >= 4 is 15.8 Å². The van der Waals surface area contributed by atoms with Crippen molar-refractivity contribution in [2.24, 2.45) is 0 Å². The van der Waals surface area contributed by atoms with E-state index in [1.807, 2.05) is 0 Å². The van der Waals surface area contributed by atoms with Crippen molar-refractivity contribution in [1.82, 2.24) is 4.90 Å². The van der Waals surface area contributed by atoms with Crippen molar-refractivity contribution in [3.05, 3.63) is 29.1 Å². The zero-order valence-corrected chi connectivity index (χ0v) is 11.8. The van der Waals surface area contributed by atoms with E-state index >= 15 is 0 Å². The third-order valence-electron chi connectivity index (χ3n) is 2.62. The molecule has 0 radical (unpaired) electrons. The lowest BCUT2D eigenvalue weighted by Gasteiger charge is -2.11. The minimum atomic E-state index is -3.62. The summed E-state index contributed by atoms with van der Waals surface area (Å²) in [5, 5.41) is 8.86. The first-order chi connectivity index (χ1) is 8.65. The van der Waals surface area contributed by atoms with Crippen LogP contribution in [-0.2, 0) is 9.84 Å². The number of nitrogens with zero attached hydrogens (tertiary/aromatic N) is 1. The molecule has 0 amide bonds. The van der Waals surface area contributed by atoms with Gasteiger partial charge in [-0.2, -0.15) is 0 Å². The molecule has 0 fully saturated rings. The Morgan fingerprint density at radius 2 is 1.95 bits per heavy atom. The number of sulfone groups is 1. The van der Waals surface area contributed by atoms with E-state index in [2.05, 4.69) is 0 Å². The molecule has 0 unspecified atom stereocenters. The Labute approximate surface area is 111 Å². The maximum absolute atomic E-state index is 13.6. The fraction of sp³-hybridized carbons (Fsp3) is 0.417. The van der Waals surface area contributed by atoms with Gasteiger partial charge in [0.05, 0.1) is 16.2 Å². The van der Waals surface area contributed by atoms with Crippen molar-refractivity contribution in [1.29, 1.82) is 0 Å². The number of aryl methyl sites for hydroxylation is 1. The molecule has 0 aliphatic heterocycles. The van der Waals surface area contributed by atoms with Crippen molar-refractivity contribution < 1.29 is 22.7 Å². The van der Waals surface area contributed by atoms with Crippen LogP contribution in [-0.4, -0.2) is 50.8 Å². The lowest BCUT2D eigenvalue weighted by Crippen LogP contribution is -2.22. The minimum absolute atomic E-state index is 0.00308. The topological polar surface area (TPSA) is 74.7 Å². The molecule has 0 saturated heterocycles. The van der Waals surface area contributed by atoms with E-state index in [0.29, 0.717) is 6.54 Å². The Hall–Kier alpha value is -1.47. The summed E-state index contributed by atoms with van der Waals surface area (Å²) in [6.45, 7) is 1.65. The van der Waals surface area contributed by atoms with Crippen LogP contribution >= 0.6 is 0 Å². The molecule has 0 aliphatic rings. The molecule has 0 spiro atoms. The van der Waals surface area contributed by atoms with Crippen molar-refractivity contribution in [2.45, 2.75) is 11.8 Å². The number of carboxylic acid groups (broad SMARTS) is 1. The third kappa shape index (κ3) is 3.74. The van der Waals surface area contributed by atoms with E-state index in [0.717, 1.165) is 12.1 Å². The molecule has 7 heteroatoms. The van der Waals surface area contributed by atoms with Crippen LogP contribution in [0, 0.1) is 12.7 Å². The summed E-state index contributed by atoms with van der Waals surface area (Å²) >= 11 is 0. The van der Waals surface area contributed by atoms with Crippen LogP contribution in [0.5, 0.6) is 0 Å². The lowest BCUT2D eigenvalue weighted by atomic mass is 10.1. The van der Waals surface area contributed by atoms with Crippen LogP contribution in [0.25, 0.3) is 0 Å². The Morgan fingerprint density at radius 3 is 2.42 bits per heavy atom. The van der Waals surface area contributed by atoms with Crippen LogP contribution in [0.15, 0.2) is 17.0 Å². The van der Waals surface area contributed by atoms with Gasteiger partial charge in [-0.1, -0.05) is 0 Å². The maximum Gasteiger partial charge on any atom is 0.338 e. The summed E-state index contributed by atoms with van der Waals surface area (Å²) in [6.07, 6.45) is 0. The monoisotopic (exact) mass is 289 g/mol. The molecule has 19 heavy (non-hydrogen) atoms. The summed E-state index contributed by atoms with van der Waals surface area (Å²) in [6, 6.07) is 2.03. The highest BCUT2D eigenvalue weighted by Gasteiger charge is 2.21. The van der Waals surface area contributed by atoms with E-state index in [-0.39, 0.29) is 16.2 Å². The second-order valence-corrected chi connectivity index (χ2v) is 6.64. The van der Waals surface area contributed by atoms with Gasteiger partial charge in [-0.15, -0.1) is 0 Å². The fourth-order valence-corrected chi connectivity index (χ4v) is 2.99. The summed E-state index contributed by atoms with van der Waals surface area (Å²) in [7, 11) is -0.162. The standard InChI is InChI=1S/C12H16FNO4S/c1-8-6-9(7-10(11(8)13)12(15)16)19(17,18)5-4-14(2)3/h6-7H,4-5H2,1-3H3,(H,15,16). The Balaban J connectivity index is 3.25. The van der Waals surface area contributed by atoms with Crippen LogP contribution in [0.4, 0.5) is 4.39 Å². The van der Waals surface area contributed by atoms with Crippen LogP contribution < -0.4 is 0 Å². The normalized spacial score (nSPS) is 11.8. The fourth-order valence-electron chi connectivity index (χ4n) is 1.49. The van der Waals surface area contributed by atoms with Crippen LogP contribution in [0.2, 0.25) is 0 Å². The molecule has 1 aromatic carbocycles. The molecule has 1 N–H and O–H groups in total. The summed E-state index contributed by atoms with van der Waals surface area (Å²) in [5.74, 6) is -2.53. The molecule has 106 valence electrons. The van der Waals surface area contributed by atoms with Gasteiger partial charge in [-0.05, 0) is 38.7 Å². The minimum Gasteiger partial charge on any atom is -0.478 e. The van der Waals surface area contributed by atoms with E-state index < -0.39 is 27.2 Å². The molecule has 0 heterocycles.